The highest BCUT2D eigenvalue weighted by molar-refractivity contribution is 5.99. The van der Waals surface area contributed by atoms with Gasteiger partial charge in [0.1, 0.15) is 11.5 Å². The van der Waals surface area contributed by atoms with Gasteiger partial charge in [-0.1, -0.05) is 42.5 Å². The molecule has 3 heterocycles. The summed E-state index contributed by atoms with van der Waals surface area (Å²) in [7, 11) is 2.12. The van der Waals surface area contributed by atoms with Crippen LogP contribution >= 0.6 is 0 Å². The van der Waals surface area contributed by atoms with Crippen LogP contribution < -0.4 is 4.90 Å². The molecule has 0 unspecified atom stereocenters. The van der Waals surface area contributed by atoms with Crippen LogP contribution in [0.2, 0.25) is 0 Å². The van der Waals surface area contributed by atoms with E-state index >= 15 is 0 Å². The summed E-state index contributed by atoms with van der Waals surface area (Å²) in [5.41, 5.74) is 2.83. The van der Waals surface area contributed by atoms with E-state index in [4.69, 9.17) is 0 Å². The second-order valence-electron chi connectivity index (χ2n) is 7.64. The SMILES string of the molecule is CN1CCN(c2cc(-c3ccncc3F)c(-c3cccc4ccccc34)nn2)CC1. The van der Waals surface area contributed by atoms with Crippen molar-refractivity contribution in [1.82, 2.24) is 20.1 Å². The molecule has 0 amide bonds. The average Bonchev–Trinajstić information content (AvgIpc) is 2.79. The quantitative estimate of drug-likeness (QED) is 0.515. The number of hydrogen-bond donors (Lipinski definition) is 0. The normalized spacial score (nSPS) is 14.9. The van der Waals surface area contributed by atoms with Crippen molar-refractivity contribution >= 4 is 16.6 Å². The number of benzene rings is 2. The van der Waals surface area contributed by atoms with Crippen molar-refractivity contribution in [3.8, 4) is 22.4 Å². The molecular weight excluding hydrogens is 377 g/mol. The van der Waals surface area contributed by atoms with Crippen molar-refractivity contribution in [2.75, 3.05) is 38.1 Å². The summed E-state index contributed by atoms with van der Waals surface area (Å²) in [5.74, 6) is 0.412. The number of piperazine rings is 1. The molecule has 1 aliphatic rings. The van der Waals surface area contributed by atoms with Gasteiger partial charge in [0, 0.05) is 49.1 Å². The van der Waals surface area contributed by atoms with Crippen LogP contribution in [0.25, 0.3) is 33.2 Å². The Balaban J connectivity index is 1.70. The number of rotatable bonds is 3. The second kappa shape index (κ2) is 7.80. The van der Waals surface area contributed by atoms with Crippen molar-refractivity contribution in [1.29, 1.82) is 0 Å². The first-order valence-electron chi connectivity index (χ1n) is 10.1. The number of pyridine rings is 1. The molecular formula is C24H22FN5. The topological polar surface area (TPSA) is 45.2 Å². The van der Waals surface area contributed by atoms with Crippen LogP contribution in [0.4, 0.5) is 10.2 Å². The molecule has 0 radical (unpaired) electrons. The van der Waals surface area contributed by atoms with Crippen molar-refractivity contribution in [3.63, 3.8) is 0 Å². The summed E-state index contributed by atoms with van der Waals surface area (Å²) in [6, 6.07) is 17.9. The maximum absolute atomic E-state index is 14.8. The van der Waals surface area contributed by atoms with Gasteiger partial charge in [-0.2, -0.15) is 0 Å². The van der Waals surface area contributed by atoms with Crippen LogP contribution in [0.5, 0.6) is 0 Å². The molecule has 2 aromatic heterocycles. The maximum atomic E-state index is 14.8. The molecule has 5 rings (SSSR count). The van der Waals surface area contributed by atoms with E-state index in [1.807, 2.05) is 30.3 Å². The van der Waals surface area contributed by atoms with Crippen molar-refractivity contribution in [3.05, 3.63) is 72.8 Å². The first-order chi connectivity index (χ1) is 14.7. The Bertz CT molecular complexity index is 1200. The highest BCUT2D eigenvalue weighted by Gasteiger charge is 2.21. The van der Waals surface area contributed by atoms with Crippen LogP contribution in [0, 0.1) is 5.82 Å². The zero-order valence-corrected chi connectivity index (χ0v) is 16.8. The van der Waals surface area contributed by atoms with Crippen LogP contribution in [0.3, 0.4) is 0 Å². The van der Waals surface area contributed by atoms with Gasteiger partial charge in [-0.05, 0) is 30.0 Å². The van der Waals surface area contributed by atoms with Crippen molar-refractivity contribution in [2.45, 2.75) is 0 Å². The number of anilines is 1. The third kappa shape index (κ3) is 3.39. The van der Waals surface area contributed by atoms with Gasteiger partial charge in [0.25, 0.3) is 0 Å². The highest BCUT2D eigenvalue weighted by Crippen LogP contribution is 2.36. The standard InChI is InChI=1S/C24H22FN5/c1-29-11-13-30(14-12-29)23-15-21(19-9-10-26-16-22(19)25)24(28-27-23)20-8-4-6-17-5-2-3-7-18(17)20/h2-10,15-16H,11-14H2,1H3. The van der Waals surface area contributed by atoms with Gasteiger partial charge in [0.2, 0.25) is 0 Å². The summed E-state index contributed by atoms with van der Waals surface area (Å²) >= 11 is 0. The summed E-state index contributed by atoms with van der Waals surface area (Å²) < 4.78 is 14.8. The molecule has 150 valence electrons. The molecule has 0 saturated carbocycles. The number of aromatic nitrogens is 3. The summed E-state index contributed by atoms with van der Waals surface area (Å²) in [6.45, 7) is 3.67. The predicted molar refractivity (Wildman–Crippen MR) is 118 cm³/mol. The van der Waals surface area contributed by atoms with E-state index in [-0.39, 0.29) is 5.82 Å². The van der Waals surface area contributed by atoms with E-state index in [9.17, 15) is 4.39 Å². The third-order valence-corrected chi connectivity index (χ3v) is 5.72. The van der Waals surface area contributed by atoms with Crippen LogP contribution in [0.15, 0.2) is 67.0 Å². The van der Waals surface area contributed by atoms with Gasteiger partial charge in [-0.25, -0.2) is 4.39 Å². The molecule has 0 spiro atoms. The van der Waals surface area contributed by atoms with E-state index in [0.717, 1.165) is 53.9 Å². The van der Waals surface area contributed by atoms with Gasteiger partial charge in [0.15, 0.2) is 5.82 Å². The van der Waals surface area contributed by atoms with Gasteiger partial charge < -0.3 is 9.80 Å². The van der Waals surface area contributed by atoms with Crippen LogP contribution in [-0.4, -0.2) is 53.3 Å². The van der Waals surface area contributed by atoms with Gasteiger partial charge >= 0.3 is 0 Å². The number of nitrogens with zero attached hydrogens (tertiary/aromatic N) is 5. The molecule has 30 heavy (non-hydrogen) atoms. The van der Waals surface area contributed by atoms with E-state index in [0.29, 0.717) is 11.3 Å². The molecule has 0 atom stereocenters. The molecule has 0 bridgehead atoms. The average molecular weight is 399 g/mol. The Labute approximate surface area is 174 Å². The molecule has 1 aliphatic heterocycles. The minimum absolute atomic E-state index is 0.365. The molecule has 0 aliphatic carbocycles. The molecule has 4 aromatic rings. The lowest BCUT2D eigenvalue weighted by Gasteiger charge is -2.33. The molecule has 2 aromatic carbocycles. The third-order valence-electron chi connectivity index (χ3n) is 5.72. The van der Waals surface area contributed by atoms with E-state index in [1.54, 1.807) is 12.3 Å². The lowest BCUT2D eigenvalue weighted by Crippen LogP contribution is -2.44. The Morgan fingerprint density at radius 2 is 1.63 bits per heavy atom. The fourth-order valence-corrected chi connectivity index (χ4v) is 4.00. The Kier molecular flexibility index (Phi) is 4.85. The second-order valence-corrected chi connectivity index (χ2v) is 7.64. The Hall–Kier alpha value is -3.38. The van der Waals surface area contributed by atoms with E-state index < -0.39 is 0 Å². The number of hydrogen-bond acceptors (Lipinski definition) is 5. The van der Waals surface area contributed by atoms with Gasteiger partial charge in [0.05, 0.1) is 6.20 Å². The predicted octanol–water partition coefficient (Wildman–Crippen LogP) is 4.25. The lowest BCUT2D eigenvalue weighted by atomic mass is 9.96. The summed E-state index contributed by atoms with van der Waals surface area (Å²) in [4.78, 5) is 8.42. The first-order valence-corrected chi connectivity index (χ1v) is 10.1. The minimum atomic E-state index is -0.365. The van der Waals surface area contributed by atoms with Crippen LogP contribution in [-0.2, 0) is 0 Å². The summed E-state index contributed by atoms with van der Waals surface area (Å²) in [5, 5.41) is 11.3. The fourth-order valence-electron chi connectivity index (χ4n) is 4.00. The maximum Gasteiger partial charge on any atom is 0.151 e. The summed E-state index contributed by atoms with van der Waals surface area (Å²) in [6.07, 6.45) is 2.86. The monoisotopic (exact) mass is 399 g/mol. The first kappa shape index (κ1) is 18.6. The Morgan fingerprint density at radius 1 is 0.833 bits per heavy atom. The molecule has 5 nitrogen and oxygen atoms in total. The van der Waals surface area contributed by atoms with E-state index in [2.05, 4.69) is 50.2 Å². The molecule has 0 N–H and O–H groups in total. The van der Waals surface area contributed by atoms with Crippen molar-refractivity contribution < 1.29 is 4.39 Å². The van der Waals surface area contributed by atoms with Gasteiger partial charge in [-0.15, -0.1) is 10.2 Å². The molecule has 1 saturated heterocycles. The number of fused-ring (bicyclic) bond motifs is 1. The number of halogens is 1. The zero-order valence-electron chi connectivity index (χ0n) is 16.8. The fraction of sp³-hybridized carbons (Fsp3) is 0.208. The van der Waals surface area contributed by atoms with Gasteiger partial charge in [-0.3, -0.25) is 4.98 Å². The highest BCUT2D eigenvalue weighted by atomic mass is 19.1. The van der Waals surface area contributed by atoms with E-state index in [1.165, 1.54) is 6.20 Å². The van der Waals surface area contributed by atoms with Crippen LogP contribution in [0.1, 0.15) is 0 Å². The smallest absolute Gasteiger partial charge is 0.151 e. The zero-order chi connectivity index (χ0) is 20.5. The Morgan fingerprint density at radius 3 is 2.47 bits per heavy atom. The lowest BCUT2D eigenvalue weighted by molar-refractivity contribution is 0.312. The molecule has 6 heteroatoms. The minimum Gasteiger partial charge on any atom is -0.353 e. The largest absolute Gasteiger partial charge is 0.353 e. The van der Waals surface area contributed by atoms with Crippen molar-refractivity contribution in [2.24, 2.45) is 0 Å². The molecule has 1 fully saturated rings. The number of likely N-dealkylation sites (N-methyl/N-ethyl adjacent to an activating group) is 1.